The number of carbonyl (C=O) groups excluding carboxylic acids is 3. The summed E-state index contributed by atoms with van der Waals surface area (Å²) in [6, 6.07) is 8.90. The van der Waals surface area contributed by atoms with E-state index in [1.54, 1.807) is 32.9 Å². The van der Waals surface area contributed by atoms with Crippen molar-refractivity contribution in [2.45, 2.75) is 51.8 Å². The number of urea groups is 1. The van der Waals surface area contributed by atoms with Crippen molar-refractivity contribution in [3.05, 3.63) is 70.9 Å². The molecule has 3 N–H and O–H groups in total. The number of ether oxygens (including phenoxy) is 2. The number of pyridine rings is 1. The average Bonchev–Trinajstić information content (AvgIpc) is 2.91. The van der Waals surface area contributed by atoms with Crippen LogP contribution >= 0.6 is 11.6 Å². The Kier molecular flexibility index (Phi) is 11.3. The van der Waals surface area contributed by atoms with Gasteiger partial charge >= 0.3 is 18.2 Å². The van der Waals surface area contributed by atoms with Crippen LogP contribution in [0.1, 0.15) is 39.2 Å². The fourth-order valence-corrected chi connectivity index (χ4v) is 4.06. The summed E-state index contributed by atoms with van der Waals surface area (Å²) in [6.07, 6.45) is 0.876. The fourth-order valence-electron chi connectivity index (χ4n) is 3.87. The lowest BCUT2D eigenvalue weighted by atomic mass is 10.1. The van der Waals surface area contributed by atoms with Gasteiger partial charge in [0.15, 0.2) is 0 Å². The number of amides is 4. The number of carbonyl (C=O) groups is 3. The van der Waals surface area contributed by atoms with E-state index in [-0.39, 0.29) is 30.5 Å². The lowest BCUT2D eigenvalue weighted by Gasteiger charge is -2.28. The number of aromatic nitrogens is 1. The minimum atomic E-state index is -0.824. The summed E-state index contributed by atoms with van der Waals surface area (Å²) in [4.78, 5) is 42.9. The number of alkyl carbamates (subject to hydrolysis) is 1. The first-order chi connectivity index (χ1) is 19.8. The van der Waals surface area contributed by atoms with Crippen LogP contribution in [-0.2, 0) is 16.0 Å². The van der Waals surface area contributed by atoms with Gasteiger partial charge in [-0.25, -0.2) is 28.1 Å². The van der Waals surface area contributed by atoms with Crippen LogP contribution in [0.15, 0.2) is 48.7 Å². The summed E-state index contributed by atoms with van der Waals surface area (Å²) in [7, 11) is 1.52. The number of fused-ring (bicyclic) bond motifs is 1. The molecule has 1 atom stereocenters. The summed E-state index contributed by atoms with van der Waals surface area (Å²) < 4.78 is 38.0. The molecule has 0 bridgehead atoms. The average molecular weight is 606 g/mol. The Balaban J connectivity index is 1.60. The number of likely N-dealkylation sites (N-methyl/N-ethyl adjacent to an activating group) is 1. The number of nitrogens with one attached hydrogen (secondary N) is 3. The van der Waals surface area contributed by atoms with E-state index in [1.165, 1.54) is 48.5 Å². The Morgan fingerprint density at radius 3 is 2.55 bits per heavy atom. The van der Waals surface area contributed by atoms with Gasteiger partial charge in [-0.15, -0.1) is 0 Å². The standard InChI is InChI=1S/C29H34ClF2N5O5/c1-29(2,3)42-27(39)33-12-6-8-22(37(4)26(38)35-16-19-7-5-9-23(32)25(19)30)17-41-28(40)36-24-14-20-13-21(31)11-10-18(20)15-34-24/h5,7,9-11,13-15,22H,6,8,12,16-17H2,1-4H3,(H,33,39)(H,35,38)(H,34,36,40)/t22-/m0/s1. The minimum Gasteiger partial charge on any atom is -0.447 e. The van der Waals surface area contributed by atoms with Crippen LogP contribution in [0.2, 0.25) is 5.02 Å². The highest BCUT2D eigenvalue weighted by atomic mass is 35.5. The molecule has 10 nitrogen and oxygen atoms in total. The number of hydrogen-bond acceptors (Lipinski definition) is 6. The molecule has 42 heavy (non-hydrogen) atoms. The molecule has 0 saturated carbocycles. The predicted molar refractivity (Wildman–Crippen MR) is 155 cm³/mol. The molecule has 0 spiro atoms. The first kappa shape index (κ1) is 32.3. The van der Waals surface area contributed by atoms with Gasteiger partial charge in [-0.2, -0.15) is 0 Å². The van der Waals surface area contributed by atoms with Crippen molar-refractivity contribution in [2.24, 2.45) is 0 Å². The normalized spacial score (nSPS) is 11.9. The van der Waals surface area contributed by atoms with Gasteiger partial charge in [0.05, 0.1) is 11.1 Å². The molecule has 1 heterocycles. The molecule has 0 fully saturated rings. The van der Waals surface area contributed by atoms with E-state index in [4.69, 9.17) is 21.1 Å². The van der Waals surface area contributed by atoms with Gasteiger partial charge in [-0.05, 0) is 74.9 Å². The largest absolute Gasteiger partial charge is 0.447 e. The molecule has 3 aromatic rings. The summed E-state index contributed by atoms with van der Waals surface area (Å²) in [6.45, 7) is 5.29. The number of rotatable bonds is 10. The van der Waals surface area contributed by atoms with E-state index in [0.717, 1.165) is 0 Å². The van der Waals surface area contributed by atoms with Gasteiger partial charge in [-0.1, -0.05) is 23.7 Å². The molecule has 1 aromatic heterocycles. The summed E-state index contributed by atoms with van der Waals surface area (Å²) >= 11 is 5.99. The zero-order valence-corrected chi connectivity index (χ0v) is 24.6. The van der Waals surface area contributed by atoms with Crippen molar-refractivity contribution >= 4 is 46.4 Å². The molecule has 3 rings (SSSR count). The molecular weight excluding hydrogens is 572 g/mol. The SMILES string of the molecule is CN(C(=O)NCc1cccc(F)c1Cl)[C@@H](CCCNC(=O)OC(C)(C)C)COC(=O)Nc1cc2cc(F)ccc2cn1. The molecule has 0 unspecified atom stereocenters. The Hall–Kier alpha value is -4.19. The lowest BCUT2D eigenvalue weighted by molar-refractivity contribution is 0.0525. The van der Waals surface area contributed by atoms with Crippen molar-refractivity contribution in [3.63, 3.8) is 0 Å². The van der Waals surface area contributed by atoms with Gasteiger partial charge in [0, 0.05) is 31.7 Å². The number of benzene rings is 2. The van der Waals surface area contributed by atoms with Crippen molar-refractivity contribution in [2.75, 3.05) is 25.5 Å². The maximum Gasteiger partial charge on any atom is 0.412 e. The maximum absolute atomic E-state index is 13.8. The van der Waals surface area contributed by atoms with Gasteiger partial charge < -0.3 is 25.0 Å². The number of halogens is 3. The Bertz CT molecular complexity index is 1420. The zero-order chi connectivity index (χ0) is 30.9. The second-order valence-electron chi connectivity index (χ2n) is 10.5. The van der Waals surface area contributed by atoms with Gasteiger partial charge in [-0.3, -0.25) is 5.32 Å². The summed E-state index contributed by atoms with van der Waals surface area (Å²) in [5.41, 5.74) is -0.250. The van der Waals surface area contributed by atoms with E-state index < -0.39 is 41.5 Å². The van der Waals surface area contributed by atoms with E-state index in [0.29, 0.717) is 29.2 Å². The number of nitrogens with zero attached hydrogens (tertiary/aromatic N) is 2. The van der Waals surface area contributed by atoms with Crippen LogP contribution in [0, 0.1) is 11.6 Å². The topological polar surface area (TPSA) is 122 Å². The van der Waals surface area contributed by atoms with Crippen LogP contribution in [0.3, 0.4) is 0 Å². The summed E-state index contributed by atoms with van der Waals surface area (Å²) in [5, 5.41) is 8.99. The molecule has 13 heteroatoms. The molecule has 0 aliphatic heterocycles. The van der Waals surface area contributed by atoms with E-state index >= 15 is 0 Å². The van der Waals surface area contributed by atoms with Crippen LogP contribution in [0.4, 0.5) is 29.0 Å². The van der Waals surface area contributed by atoms with Gasteiger partial charge in [0.1, 0.15) is 29.7 Å². The van der Waals surface area contributed by atoms with Gasteiger partial charge in [0.25, 0.3) is 0 Å². The van der Waals surface area contributed by atoms with Gasteiger partial charge in [0.2, 0.25) is 0 Å². The predicted octanol–water partition coefficient (Wildman–Crippen LogP) is 6.23. The van der Waals surface area contributed by atoms with Crippen molar-refractivity contribution in [1.29, 1.82) is 0 Å². The molecule has 0 saturated heterocycles. The molecule has 0 radical (unpaired) electrons. The minimum absolute atomic E-state index is 0.0255. The fraction of sp³-hybridized carbons (Fsp3) is 0.379. The van der Waals surface area contributed by atoms with Crippen molar-refractivity contribution < 1.29 is 32.6 Å². The quantitative estimate of drug-likeness (QED) is 0.236. The molecule has 4 amide bonds. The maximum atomic E-state index is 13.8. The Morgan fingerprint density at radius 1 is 1.05 bits per heavy atom. The van der Waals surface area contributed by atoms with Crippen LogP contribution in [0.5, 0.6) is 0 Å². The smallest absolute Gasteiger partial charge is 0.412 e. The van der Waals surface area contributed by atoms with Crippen LogP contribution in [-0.4, -0.2) is 59.9 Å². The highest BCUT2D eigenvalue weighted by Crippen LogP contribution is 2.20. The first-order valence-corrected chi connectivity index (χ1v) is 13.6. The van der Waals surface area contributed by atoms with Crippen molar-refractivity contribution in [1.82, 2.24) is 20.5 Å². The van der Waals surface area contributed by atoms with Crippen LogP contribution in [0.25, 0.3) is 10.8 Å². The molecule has 0 aliphatic rings. The number of hydrogen-bond donors (Lipinski definition) is 3. The lowest BCUT2D eigenvalue weighted by Crippen LogP contribution is -2.46. The van der Waals surface area contributed by atoms with Crippen LogP contribution < -0.4 is 16.0 Å². The Labute approximate surface area is 247 Å². The molecular formula is C29H34ClF2N5O5. The molecule has 2 aromatic carbocycles. The zero-order valence-electron chi connectivity index (χ0n) is 23.8. The van der Waals surface area contributed by atoms with E-state index in [2.05, 4.69) is 20.9 Å². The number of anilines is 1. The molecule has 0 aliphatic carbocycles. The highest BCUT2D eigenvalue weighted by Gasteiger charge is 2.23. The van der Waals surface area contributed by atoms with E-state index in [1.807, 2.05) is 0 Å². The first-order valence-electron chi connectivity index (χ1n) is 13.2. The third-order valence-electron chi connectivity index (χ3n) is 6.03. The highest BCUT2D eigenvalue weighted by molar-refractivity contribution is 6.31. The molecule has 226 valence electrons. The Morgan fingerprint density at radius 2 is 1.81 bits per heavy atom. The third-order valence-corrected chi connectivity index (χ3v) is 6.46. The summed E-state index contributed by atoms with van der Waals surface area (Å²) in [5.74, 6) is -0.862. The van der Waals surface area contributed by atoms with E-state index in [9.17, 15) is 23.2 Å². The second kappa shape index (κ2) is 14.6. The van der Waals surface area contributed by atoms with Crippen molar-refractivity contribution in [3.8, 4) is 0 Å². The third kappa shape index (κ3) is 10.0. The monoisotopic (exact) mass is 605 g/mol. The second-order valence-corrected chi connectivity index (χ2v) is 10.9.